The highest BCUT2D eigenvalue weighted by molar-refractivity contribution is 6.00. The summed E-state index contributed by atoms with van der Waals surface area (Å²) in [6, 6.07) is 44.4. The second kappa shape index (κ2) is 11.8. The number of H-pyrrole nitrogens is 2. The summed E-state index contributed by atoms with van der Waals surface area (Å²) in [5.74, 6) is -1.19. The van der Waals surface area contributed by atoms with Crippen molar-refractivity contribution in [1.29, 1.82) is 0 Å². The molecule has 0 unspecified atom stereocenters. The fraction of sp³-hybridized carbons (Fsp3) is 0. The standard InChI is InChI=1S/C42H29N3O2/c46-42(47)32-14-8-7-9-28(32)18-15-27-16-19-31(20-17-27)41-37-25-23-35(44-37)39(29-10-3-1-4-11-29)33-21-22-34(43-33)40(30-12-5-2-6-13-30)36-24-26-38(41)45-36/h1-26,43-44H,(H,46,47)/p-1/b18-15+,39-33?,39-35?,40-34?,40-36?,41-37?,41-38?. The number of carbonyl (C=O) groups is 1. The van der Waals surface area contributed by atoms with Crippen LogP contribution in [0.15, 0.2) is 133 Å². The van der Waals surface area contributed by atoms with E-state index < -0.39 is 5.97 Å². The first-order chi connectivity index (χ1) is 23.1. The third kappa shape index (κ3) is 5.30. The molecule has 0 atom stereocenters. The van der Waals surface area contributed by atoms with Crippen LogP contribution in [0.5, 0.6) is 0 Å². The second-order valence-corrected chi connectivity index (χ2v) is 11.5. The fourth-order valence-corrected chi connectivity index (χ4v) is 6.34. The molecule has 4 heterocycles. The van der Waals surface area contributed by atoms with Crippen LogP contribution in [0.2, 0.25) is 0 Å². The Labute approximate surface area is 271 Å². The molecule has 0 aliphatic carbocycles. The number of aromatic amines is 2. The third-order valence-electron chi connectivity index (χ3n) is 8.56. The smallest absolute Gasteiger partial charge is 0.0737 e. The summed E-state index contributed by atoms with van der Waals surface area (Å²) in [4.78, 5) is 24.2. The molecule has 6 bridgehead atoms. The van der Waals surface area contributed by atoms with Gasteiger partial charge in [0.25, 0.3) is 0 Å². The number of benzene rings is 4. The van der Waals surface area contributed by atoms with Crippen molar-refractivity contribution in [3.63, 3.8) is 0 Å². The van der Waals surface area contributed by atoms with Gasteiger partial charge < -0.3 is 19.9 Å². The average Bonchev–Trinajstić information content (AvgIpc) is 3.89. The molecule has 8 rings (SSSR count). The summed E-state index contributed by atoms with van der Waals surface area (Å²) in [5, 5.41) is 11.6. The first kappa shape index (κ1) is 28.0. The van der Waals surface area contributed by atoms with E-state index in [1.807, 2.05) is 36.4 Å². The number of nitrogens with zero attached hydrogens (tertiary/aromatic N) is 1. The zero-order chi connectivity index (χ0) is 31.7. The minimum Gasteiger partial charge on any atom is -0.545 e. The van der Waals surface area contributed by atoms with Crippen LogP contribution in [-0.2, 0) is 0 Å². The highest BCUT2D eigenvalue weighted by atomic mass is 16.4. The molecule has 0 spiro atoms. The van der Waals surface area contributed by atoms with E-state index in [9.17, 15) is 9.90 Å². The molecular formula is C42H28N3O2-. The molecule has 0 saturated carbocycles. The van der Waals surface area contributed by atoms with E-state index in [0.29, 0.717) is 5.56 Å². The molecular weight excluding hydrogens is 578 g/mol. The first-order valence-corrected chi connectivity index (χ1v) is 15.5. The Hall–Kier alpha value is -6.46. The largest absolute Gasteiger partial charge is 0.545 e. The maximum atomic E-state index is 11.6. The van der Waals surface area contributed by atoms with E-state index in [1.54, 1.807) is 24.3 Å². The number of aromatic carboxylic acids is 1. The molecule has 0 radical (unpaired) electrons. The number of carboxylic acid groups (broad SMARTS) is 1. The average molecular weight is 607 g/mol. The van der Waals surface area contributed by atoms with E-state index in [-0.39, 0.29) is 5.56 Å². The van der Waals surface area contributed by atoms with Gasteiger partial charge >= 0.3 is 0 Å². The van der Waals surface area contributed by atoms with Gasteiger partial charge in [0.05, 0.1) is 17.4 Å². The summed E-state index contributed by atoms with van der Waals surface area (Å²) in [7, 11) is 0. The van der Waals surface area contributed by atoms with Gasteiger partial charge in [-0.25, -0.2) is 4.98 Å². The number of rotatable bonds is 6. The van der Waals surface area contributed by atoms with Crippen LogP contribution in [-0.4, -0.2) is 20.9 Å². The Bertz CT molecular complexity index is 2410. The Morgan fingerprint density at radius 3 is 1.53 bits per heavy atom. The van der Waals surface area contributed by atoms with Gasteiger partial charge in [-0.2, -0.15) is 0 Å². The molecule has 0 amide bonds. The van der Waals surface area contributed by atoms with Crippen molar-refractivity contribution < 1.29 is 9.90 Å². The molecule has 1 aliphatic heterocycles. The van der Waals surface area contributed by atoms with Crippen molar-refractivity contribution in [3.8, 4) is 33.4 Å². The molecule has 0 saturated heterocycles. The van der Waals surface area contributed by atoms with Crippen molar-refractivity contribution in [2.45, 2.75) is 0 Å². The van der Waals surface area contributed by atoms with Gasteiger partial charge in [-0.15, -0.1) is 0 Å². The van der Waals surface area contributed by atoms with Gasteiger partial charge in [0.1, 0.15) is 0 Å². The number of carbonyl (C=O) groups excluding carboxylic acids is 1. The molecule has 224 valence electrons. The van der Waals surface area contributed by atoms with E-state index in [1.165, 1.54) is 0 Å². The van der Waals surface area contributed by atoms with Crippen molar-refractivity contribution in [1.82, 2.24) is 15.0 Å². The Morgan fingerprint density at radius 1 is 0.511 bits per heavy atom. The number of nitrogens with one attached hydrogen (secondary N) is 2. The first-order valence-electron chi connectivity index (χ1n) is 15.5. The van der Waals surface area contributed by atoms with Crippen molar-refractivity contribution >= 4 is 52.3 Å². The quantitative estimate of drug-likeness (QED) is 0.185. The van der Waals surface area contributed by atoms with Gasteiger partial charge in [0.2, 0.25) is 0 Å². The minimum absolute atomic E-state index is 0.165. The van der Waals surface area contributed by atoms with Crippen molar-refractivity contribution in [2.24, 2.45) is 0 Å². The number of aromatic nitrogens is 3. The monoisotopic (exact) mass is 606 g/mol. The van der Waals surface area contributed by atoms with E-state index in [4.69, 9.17) is 4.98 Å². The lowest BCUT2D eigenvalue weighted by molar-refractivity contribution is -0.255. The molecule has 3 aromatic heterocycles. The summed E-state index contributed by atoms with van der Waals surface area (Å²) >= 11 is 0. The Morgan fingerprint density at radius 2 is 0.979 bits per heavy atom. The highest BCUT2D eigenvalue weighted by Crippen LogP contribution is 2.37. The molecule has 5 heteroatoms. The predicted molar refractivity (Wildman–Crippen MR) is 191 cm³/mol. The highest BCUT2D eigenvalue weighted by Gasteiger charge is 2.17. The number of hydrogen-bond donors (Lipinski definition) is 2. The summed E-state index contributed by atoms with van der Waals surface area (Å²) in [6.07, 6.45) is 7.89. The van der Waals surface area contributed by atoms with Crippen LogP contribution >= 0.6 is 0 Å². The van der Waals surface area contributed by atoms with E-state index in [2.05, 4.69) is 107 Å². The summed E-state index contributed by atoms with van der Waals surface area (Å²) < 4.78 is 0. The van der Waals surface area contributed by atoms with Gasteiger partial charge in [-0.1, -0.05) is 121 Å². The molecule has 47 heavy (non-hydrogen) atoms. The summed E-state index contributed by atoms with van der Waals surface area (Å²) in [5.41, 5.74) is 13.7. The molecule has 7 aromatic rings. The molecule has 0 fully saturated rings. The lowest BCUT2D eigenvalue weighted by atomic mass is 10.0. The lowest BCUT2D eigenvalue weighted by Gasteiger charge is -2.07. The van der Waals surface area contributed by atoms with Crippen LogP contribution in [0.4, 0.5) is 0 Å². The summed E-state index contributed by atoms with van der Waals surface area (Å²) in [6.45, 7) is 0. The van der Waals surface area contributed by atoms with Crippen LogP contribution in [0, 0.1) is 0 Å². The molecule has 4 aromatic carbocycles. The van der Waals surface area contributed by atoms with Gasteiger partial charge in [-0.3, -0.25) is 0 Å². The van der Waals surface area contributed by atoms with E-state index in [0.717, 1.165) is 72.4 Å². The van der Waals surface area contributed by atoms with Crippen LogP contribution in [0.25, 0.3) is 79.8 Å². The topological polar surface area (TPSA) is 84.6 Å². The lowest BCUT2D eigenvalue weighted by Crippen LogP contribution is -2.23. The maximum Gasteiger partial charge on any atom is 0.0737 e. The van der Waals surface area contributed by atoms with Crippen LogP contribution in [0.1, 0.15) is 32.9 Å². The number of carboxylic acids is 1. The predicted octanol–water partition coefficient (Wildman–Crippen LogP) is 9.19. The van der Waals surface area contributed by atoms with Gasteiger partial charge in [-0.05, 0) is 64.2 Å². The Kier molecular flexibility index (Phi) is 7.04. The second-order valence-electron chi connectivity index (χ2n) is 11.5. The third-order valence-corrected chi connectivity index (χ3v) is 8.56. The fourth-order valence-electron chi connectivity index (χ4n) is 6.34. The van der Waals surface area contributed by atoms with Crippen molar-refractivity contribution in [2.75, 3.05) is 0 Å². The molecule has 1 aliphatic rings. The molecule has 2 N–H and O–H groups in total. The van der Waals surface area contributed by atoms with Gasteiger partial charge in [0.15, 0.2) is 0 Å². The van der Waals surface area contributed by atoms with Crippen LogP contribution < -0.4 is 5.11 Å². The normalized spacial score (nSPS) is 11.8. The number of fused-ring (bicyclic) bond motifs is 6. The van der Waals surface area contributed by atoms with Crippen LogP contribution in [0.3, 0.4) is 0 Å². The number of hydrogen-bond acceptors (Lipinski definition) is 3. The van der Waals surface area contributed by atoms with Gasteiger partial charge in [0, 0.05) is 44.3 Å². The van der Waals surface area contributed by atoms with E-state index >= 15 is 0 Å². The zero-order valence-electron chi connectivity index (χ0n) is 25.3. The maximum absolute atomic E-state index is 11.6. The Balaban J connectivity index is 1.35. The SMILES string of the molecule is O=C([O-])c1ccccc1/C=C/c1ccc(-c2c3nc(c(-c4ccccc4)c4ccc([nH]4)c(-c4ccccc4)c4ccc2[nH]4)C=C3)cc1. The zero-order valence-corrected chi connectivity index (χ0v) is 25.3. The molecule has 5 nitrogen and oxygen atoms in total. The van der Waals surface area contributed by atoms with Crippen molar-refractivity contribution in [3.05, 3.63) is 162 Å². The minimum atomic E-state index is -1.19.